The summed E-state index contributed by atoms with van der Waals surface area (Å²) in [6.07, 6.45) is 1.64. The molecule has 1 aliphatic rings. The maximum atomic E-state index is 13.3. The molecular weight excluding hydrogens is 337 g/mol. The van der Waals surface area contributed by atoms with Crippen LogP contribution in [0.5, 0.6) is 0 Å². The number of aryl methyl sites for hydroxylation is 2. The number of imidazole rings is 1. The molecule has 7 nitrogen and oxygen atoms in total. The first-order valence-electron chi connectivity index (χ1n) is 8.71. The minimum absolute atomic E-state index is 0.0526. The van der Waals surface area contributed by atoms with Gasteiger partial charge in [-0.2, -0.15) is 5.10 Å². The van der Waals surface area contributed by atoms with Gasteiger partial charge < -0.3 is 15.0 Å². The van der Waals surface area contributed by atoms with E-state index in [4.69, 9.17) is 0 Å². The van der Waals surface area contributed by atoms with E-state index in [0.29, 0.717) is 48.5 Å². The molecule has 3 heterocycles. The smallest absolute Gasteiger partial charge is 0.223 e. The maximum Gasteiger partial charge on any atom is 0.223 e. The standard InChI is InChI=1S/C18H20FN5O2/c19-12-2-3-15-16(8-12)21-17(20-15)4-5-18(26)23-6-1-7-24-14(10-23)9-13(11-25)22-24/h2-3,8-9,25H,1,4-7,10-11H2,(H,20,21). The van der Waals surface area contributed by atoms with Gasteiger partial charge in [-0.1, -0.05) is 0 Å². The zero-order valence-electron chi connectivity index (χ0n) is 14.3. The molecule has 0 saturated heterocycles. The average Bonchev–Trinajstić information content (AvgIpc) is 3.16. The van der Waals surface area contributed by atoms with E-state index in [1.165, 1.54) is 12.1 Å². The number of rotatable bonds is 4. The Morgan fingerprint density at radius 2 is 2.19 bits per heavy atom. The van der Waals surface area contributed by atoms with Gasteiger partial charge in [0.1, 0.15) is 11.6 Å². The van der Waals surface area contributed by atoms with Crippen molar-refractivity contribution in [1.82, 2.24) is 24.6 Å². The normalized spacial score (nSPS) is 14.5. The lowest BCUT2D eigenvalue weighted by Gasteiger charge is -2.19. The Balaban J connectivity index is 1.42. The summed E-state index contributed by atoms with van der Waals surface area (Å²) in [4.78, 5) is 21.9. The molecule has 2 N–H and O–H groups in total. The first-order valence-corrected chi connectivity index (χ1v) is 8.71. The third-order valence-electron chi connectivity index (χ3n) is 4.65. The lowest BCUT2D eigenvalue weighted by Crippen LogP contribution is -2.30. The number of H-pyrrole nitrogens is 1. The number of benzene rings is 1. The van der Waals surface area contributed by atoms with Crippen molar-refractivity contribution in [3.05, 3.63) is 47.3 Å². The topological polar surface area (TPSA) is 87.0 Å². The second-order valence-electron chi connectivity index (χ2n) is 6.52. The number of nitrogens with zero attached hydrogens (tertiary/aromatic N) is 4. The van der Waals surface area contributed by atoms with Crippen LogP contribution in [0.15, 0.2) is 24.3 Å². The predicted octanol–water partition coefficient (Wildman–Crippen LogP) is 1.76. The van der Waals surface area contributed by atoms with E-state index in [2.05, 4.69) is 15.1 Å². The Morgan fingerprint density at radius 1 is 1.31 bits per heavy atom. The number of aromatic nitrogens is 4. The minimum Gasteiger partial charge on any atom is -0.390 e. The highest BCUT2D eigenvalue weighted by molar-refractivity contribution is 5.77. The van der Waals surface area contributed by atoms with Gasteiger partial charge in [0.15, 0.2) is 0 Å². The van der Waals surface area contributed by atoms with E-state index in [9.17, 15) is 14.3 Å². The van der Waals surface area contributed by atoms with E-state index in [1.54, 1.807) is 6.07 Å². The van der Waals surface area contributed by atoms with Crippen molar-refractivity contribution in [2.75, 3.05) is 6.54 Å². The lowest BCUT2D eigenvalue weighted by atomic mass is 10.2. The van der Waals surface area contributed by atoms with E-state index in [0.717, 1.165) is 18.7 Å². The quantitative estimate of drug-likeness (QED) is 0.745. The van der Waals surface area contributed by atoms with Crippen molar-refractivity contribution in [2.24, 2.45) is 0 Å². The molecular formula is C18H20FN5O2. The van der Waals surface area contributed by atoms with Crippen LogP contribution in [0.25, 0.3) is 11.0 Å². The lowest BCUT2D eigenvalue weighted by molar-refractivity contribution is -0.131. The first kappa shape index (κ1) is 16.7. The summed E-state index contributed by atoms with van der Waals surface area (Å²) >= 11 is 0. The number of carbonyl (C=O) groups excluding carboxylic acids is 1. The van der Waals surface area contributed by atoms with Gasteiger partial charge in [-0.15, -0.1) is 0 Å². The second kappa shape index (κ2) is 6.87. The molecule has 0 aliphatic carbocycles. The number of aliphatic hydroxyl groups excluding tert-OH is 1. The second-order valence-corrected chi connectivity index (χ2v) is 6.52. The number of amides is 1. The fourth-order valence-electron chi connectivity index (χ4n) is 3.35. The highest BCUT2D eigenvalue weighted by Gasteiger charge is 2.20. The highest BCUT2D eigenvalue weighted by Crippen LogP contribution is 2.17. The Bertz CT molecular complexity index is 948. The molecule has 1 aromatic carbocycles. The van der Waals surface area contributed by atoms with Crippen LogP contribution in [-0.4, -0.2) is 42.2 Å². The van der Waals surface area contributed by atoms with E-state index < -0.39 is 0 Å². The van der Waals surface area contributed by atoms with Gasteiger partial charge in [0.25, 0.3) is 0 Å². The van der Waals surface area contributed by atoms with Gasteiger partial charge in [-0.25, -0.2) is 9.37 Å². The van der Waals surface area contributed by atoms with Crippen molar-refractivity contribution < 1.29 is 14.3 Å². The van der Waals surface area contributed by atoms with Crippen molar-refractivity contribution >= 4 is 16.9 Å². The molecule has 0 spiro atoms. The zero-order valence-corrected chi connectivity index (χ0v) is 14.3. The zero-order chi connectivity index (χ0) is 18.1. The predicted molar refractivity (Wildman–Crippen MR) is 92.6 cm³/mol. The van der Waals surface area contributed by atoms with E-state index in [-0.39, 0.29) is 18.3 Å². The van der Waals surface area contributed by atoms with E-state index >= 15 is 0 Å². The number of aliphatic hydroxyl groups is 1. The van der Waals surface area contributed by atoms with Crippen LogP contribution in [0.2, 0.25) is 0 Å². The first-order chi connectivity index (χ1) is 12.6. The largest absolute Gasteiger partial charge is 0.390 e. The SMILES string of the molecule is O=C(CCc1nc2ccc(F)cc2[nH]1)N1CCCn2nc(CO)cc2C1. The van der Waals surface area contributed by atoms with Crippen molar-refractivity contribution in [3.8, 4) is 0 Å². The summed E-state index contributed by atoms with van der Waals surface area (Å²) in [7, 11) is 0. The Kier molecular flexibility index (Phi) is 4.42. The van der Waals surface area contributed by atoms with E-state index in [1.807, 2.05) is 15.6 Å². The number of carbonyl (C=O) groups is 1. The van der Waals surface area contributed by atoms with Gasteiger partial charge in [0.2, 0.25) is 5.91 Å². The summed E-state index contributed by atoms with van der Waals surface area (Å²) in [5.41, 5.74) is 2.91. The molecule has 0 saturated carbocycles. The summed E-state index contributed by atoms with van der Waals surface area (Å²) in [6, 6.07) is 6.25. The molecule has 0 radical (unpaired) electrons. The fraction of sp³-hybridized carbons (Fsp3) is 0.389. The summed E-state index contributed by atoms with van der Waals surface area (Å²) in [5, 5.41) is 13.6. The maximum absolute atomic E-state index is 13.3. The molecule has 26 heavy (non-hydrogen) atoms. The van der Waals surface area contributed by atoms with Crippen LogP contribution >= 0.6 is 0 Å². The van der Waals surface area contributed by atoms with Crippen LogP contribution in [0.1, 0.15) is 30.1 Å². The molecule has 1 amide bonds. The average molecular weight is 357 g/mol. The third-order valence-corrected chi connectivity index (χ3v) is 4.65. The van der Waals surface area contributed by atoms with Gasteiger partial charge in [-0.05, 0) is 30.7 Å². The molecule has 0 unspecified atom stereocenters. The molecule has 4 rings (SSSR count). The van der Waals surface area contributed by atoms with Crippen LogP contribution in [0.3, 0.4) is 0 Å². The number of hydrogen-bond donors (Lipinski definition) is 2. The molecule has 1 aliphatic heterocycles. The van der Waals surface area contributed by atoms with Crippen molar-refractivity contribution in [2.45, 2.75) is 39.0 Å². The van der Waals surface area contributed by atoms with Crippen LogP contribution in [0, 0.1) is 5.82 Å². The molecule has 2 aromatic heterocycles. The van der Waals surface area contributed by atoms with Gasteiger partial charge in [0, 0.05) is 25.9 Å². The number of hydrogen-bond acceptors (Lipinski definition) is 4. The highest BCUT2D eigenvalue weighted by atomic mass is 19.1. The van der Waals surface area contributed by atoms with Crippen LogP contribution < -0.4 is 0 Å². The summed E-state index contributed by atoms with van der Waals surface area (Å²) in [6.45, 7) is 1.83. The van der Waals surface area contributed by atoms with Crippen LogP contribution in [-0.2, 0) is 30.9 Å². The summed E-state index contributed by atoms with van der Waals surface area (Å²) < 4.78 is 15.1. The van der Waals surface area contributed by atoms with Gasteiger partial charge >= 0.3 is 0 Å². The monoisotopic (exact) mass is 357 g/mol. The molecule has 136 valence electrons. The van der Waals surface area contributed by atoms with Crippen molar-refractivity contribution in [1.29, 1.82) is 0 Å². The summed E-state index contributed by atoms with van der Waals surface area (Å²) in [5.74, 6) is 0.422. The molecule has 0 bridgehead atoms. The Morgan fingerprint density at radius 3 is 3.04 bits per heavy atom. The number of halogens is 1. The Hall–Kier alpha value is -2.74. The fourth-order valence-corrected chi connectivity index (χ4v) is 3.35. The Labute approximate surface area is 149 Å². The molecule has 3 aromatic rings. The third kappa shape index (κ3) is 3.32. The minimum atomic E-state index is -0.313. The van der Waals surface area contributed by atoms with Crippen LogP contribution in [0.4, 0.5) is 4.39 Å². The molecule has 0 fully saturated rings. The molecule has 0 atom stereocenters. The van der Waals surface area contributed by atoms with Gasteiger partial charge in [-0.3, -0.25) is 9.48 Å². The number of fused-ring (bicyclic) bond motifs is 2. The number of nitrogens with one attached hydrogen (secondary N) is 1. The van der Waals surface area contributed by atoms with Crippen molar-refractivity contribution in [3.63, 3.8) is 0 Å². The number of aromatic amines is 1. The molecule has 8 heteroatoms. The van der Waals surface area contributed by atoms with Gasteiger partial charge in [0.05, 0.1) is 35.6 Å².